The van der Waals surface area contributed by atoms with Gasteiger partial charge in [-0.15, -0.1) is 0 Å². The van der Waals surface area contributed by atoms with E-state index in [1.165, 1.54) is 0 Å². The second kappa shape index (κ2) is 6.20. The Bertz CT molecular complexity index is 317. The Kier molecular flexibility index (Phi) is 5.96. The van der Waals surface area contributed by atoms with Crippen molar-refractivity contribution >= 4 is 15.7 Å². The molecular weight excluding hydrogens is 228 g/mol. The molecule has 0 spiro atoms. The number of hydrogen-bond donors (Lipinski definition) is 2. The largest absolute Gasteiger partial charge is 0.359 e. The van der Waals surface area contributed by atoms with Crippen LogP contribution in [0, 0.1) is 0 Å². The van der Waals surface area contributed by atoms with Crippen molar-refractivity contribution in [3.8, 4) is 0 Å². The molecule has 0 heterocycles. The minimum atomic E-state index is -3.07. The zero-order chi connectivity index (χ0) is 12.8. The van der Waals surface area contributed by atoms with Crippen molar-refractivity contribution in [1.29, 1.82) is 0 Å². The average molecular weight is 250 g/mol. The van der Waals surface area contributed by atoms with Crippen molar-refractivity contribution in [3.63, 3.8) is 0 Å². The van der Waals surface area contributed by atoms with Crippen LogP contribution in [0.5, 0.6) is 0 Å². The Labute approximate surface area is 97.9 Å². The smallest absolute Gasteiger partial charge is 0.221 e. The summed E-state index contributed by atoms with van der Waals surface area (Å²) in [6.45, 7) is 5.95. The topological polar surface area (TPSA) is 75.3 Å². The molecule has 0 aromatic rings. The van der Waals surface area contributed by atoms with Crippen LogP contribution < -0.4 is 10.6 Å². The highest BCUT2D eigenvalue weighted by Crippen LogP contribution is 2.14. The van der Waals surface area contributed by atoms with Crippen LogP contribution in [0.1, 0.15) is 27.2 Å². The van der Waals surface area contributed by atoms with E-state index in [1.807, 2.05) is 0 Å². The number of nitrogens with one attached hydrogen (secondary N) is 2. The number of rotatable bonds is 6. The second-order valence-corrected chi connectivity index (χ2v) is 7.47. The van der Waals surface area contributed by atoms with Crippen molar-refractivity contribution in [2.24, 2.45) is 0 Å². The van der Waals surface area contributed by atoms with E-state index in [1.54, 1.807) is 27.8 Å². The standard InChI is InChI=1S/C10H22N2O3S/c1-10(2,3)16(14,15)8-7-12-6-5-9(13)11-4/h12H,5-8H2,1-4H3,(H,11,13). The van der Waals surface area contributed by atoms with Crippen molar-refractivity contribution in [2.75, 3.05) is 25.9 Å². The third kappa shape index (κ3) is 5.46. The maximum absolute atomic E-state index is 11.7. The van der Waals surface area contributed by atoms with Gasteiger partial charge in [0.25, 0.3) is 0 Å². The van der Waals surface area contributed by atoms with E-state index < -0.39 is 14.6 Å². The molecule has 0 atom stereocenters. The van der Waals surface area contributed by atoms with E-state index in [2.05, 4.69) is 10.6 Å². The molecule has 2 N–H and O–H groups in total. The molecule has 6 heteroatoms. The Morgan fingerprint density at radius 2 is 1.75 bits per heavy atom. The third-order valence-corrected chi connectivity index (χ3v) is 4.90. The third-order valence-electron chi connectivity index (χ3n) is 2.29. The van der Waals surface area contributed by atoms with Gasteiger partial charge in [-0.25, -0.2) is 8.42 Å². The summed E-state index contributed by atoms with van der Waals surface area (Å²) < 4.78 is 22.7. The van der Waals surface area contributed by atoms with Crippen LogP contribution in [-0.4, -0.2) is 45.0 Å². The minimum Gasteiger partial charge on any atom is -0.359 e. The lowest BCUT2D eigenvalue weighted by atomic mass is 10.3. The van der Waals surface area contributed by atoms with Crippen molar-refractivity contribution in [2.45, 2.75) is 31.9 Å². The van der Waals surface area contributed by atoms with Crippen LogP contribution in [0.25, 0.3) is 0 Å². The first-order chi connectivity index (χ1) is 7.20. The lowest BCUT2D eigenvalue weighted by molar-refractivity contribution is -0.120. The van der Waals surface area contributed by atoms with Crippen LogP contribution in [0.2, 0.25) is 0 Å². The zero-order valence-electron chi connectivity index (χ0n) is 10.5. The molecule has 0 saturated heterocycles. The fraction of sp³-hybridized carbons (Fsp3) is 0.900. The number of carbonyl (C=O) groups excluding carboxylic acids is 1. The molecule has 0 aliphatic heterocycles. The first-order valence-corrected chi connectivity index (χ1v) is 6.99. The summed E-state index contributed by atoms with van der Waals surface area (Å²) in [4.78, 5) is 10.9. The number of carbonyl (C=O) groups is 1. The van der Waals surface area contributed by atoms with E-state index >= 15 is 0 Å². The van der Waals surface area contributed by atoms with Crippen LogP contribution in [0.4, 0.5) is 0 Å². The summed E-state index contributed by atoms with van der Waals surface area (Å²) in [5, 5.41) is 5.44. The van der Waals surface area contributed by atoms with Crippen LogP contribution >= 0.6 is 0 Å². The van der Waals surface area contributed by atoms with Gasteiger partial charge in [0, 0.05) is 26.6 Å². The maximum Gasteiger partial charge on any atom is 0.221 e. The zero-order valence-corrected chi connectivity index (χ0v) is 11.3. The van der Waals surface area contributed by atoms with Gasteiger partial charge in [-0.1, -0.05) is 0 Å². The quantitative estimate of drug-likeness (QED) is 0.647. The van der Waals surface area contributed by atoms with Crippen molar-refractivity contribution in [3.05, 3.63) is 0 Å². The first kappa shape index (κ1) is 15.4. The van der Waals surface area contributed by atoms with Gasteiger partial charge < -0.3 is 10.6 Å². The monoisotopic (exact) mass is 250 g/mol. The molecule has 1 amide bonds. The maximum atomic E-state index is 11.7. The molecule has 5 nitrogen and oxygen atoms in total. The van der Waals surface area contributed by atoms with Crippen molar-refractivity contribution < 1.29 is 13.2 Å². The van der Waals surface area contributed by atoms with E-state index in [0.717, 1.165) is 0 Å². The van der Waals surface area contributed by atoms with E-state index in [-0.39, 0.29) is 11.7 Å². The van der Waals surface area contributed by atoms with Crippen LogP contribution in [0.15, 0.2) is 0 Å². The van der Waals surface area contributed by atoms with Gasteiger partial charge in [0.2, 0.25) is 5.91 Å². The summed E-state index contributed by atoms with van der Waals surface area (Å²) in [7, 11) is -1.49. The molecule has 96 valence electrons. The molecule has 0 radical (unpaired) electrons. The van der Waals surface area contributed by atoms with Gasteiger partial charge in [-0.2, -0.15) is 0 Å². The molecule has 16 heavy (non-hydrogen) atoms. The van der Waals surface area contributed by atoms with Crippen LogP contribution in [0.3, 0.4) is 0 Å². The van der Waals surface area contributed by atoms with Gasteiger partial charge >= 0.3 is 0 Å². The molecule has 0 bridgehead atoms. The molecule has 0 aromatic carbocycles. The highest BCUT2D eigenvalue weighted by Gasteiger charge is 2.27. The average Bonchev–Trinajstić information content (AvgIpc) is 2.15. The van der Waals surface area contributed by atoms with E-state index in [4.69, 9.17) is 0 Å². The first-order valence-electron chi connectivity index (χ1n) is 5.34. The Balaban J connectivity index is 3.80. The molecule has 0 saturated carbocycles. The predicted molar refractivity (Wildman–Crippen MR) is 65.1 cm³/mol. The number of sulfone groups is 1. The Morgan fingerprint density at radius 3 is 2.19 bits per heavy atom. The Morgan fingerprint density at radius 1 is 1.19 bits per heavy atom. The minimum absolute atomic E-state index is 0.0498. The fourth-order valence-corrected chi connectivity index (χ4v) is 1.99. The van der Waals surface area contributed by atoms with Crippen molar-refractivity contribution in [1.82, 2.24) is 10.6 Å². The number of amides is 1. The van der Waals surface area contributed by atoms with Gasteiger partial charge in [0.1, 0.15) is 0 Å². The highest BCUT2D eigenvalue weighted by molar-refractivity contribution is 7.92. The van der Waals surface area contributed by atoms with Gasteiger partial charge in [0.05, 0.1) is 10.5 Å². The summed E-state index contributed by atoms with van der Waals surface area (Å²) in [6.07, 6.45) is 0.367. The normalized spacial score (nSPS) is 12.5. The molecule has 0 aliphatic carbocycles. The highest BCUT2D eigenvalue weighted by atomic mass is 32.2. The summed E-state index contributed by atoms with van der Waals surface area (Å²) in [5.74, 6) is 0.0516. The summed E-state index contributed by atoms with van der Waals surface area (Å²) in [5.41, 5.74) is 0. The second-order valence-electron chi connectivity index (χ2n) is 4.60. The SMILES string of the molecule is CNC(=O)CCNCCS(=O)(=O)C(C)(C)C. The van der Waals surface area contributed by atoms with Gasteiger partial charge in [0.15, 0.2) is 9.84 Å². The lowest BCUT2D eigenvalue weighted by Crippen LogP contribution is -2.35. The van der Waals surface area contributed by atoms with Crippen LogP contribution in [-0.2, 0) is 14.6 Å². The Hall–Kier alpha value is -0.620. The summed E-state index contributed by atoms with van der Waals surface area (Å²) >= 11 is 0. The van der Waals surface area contributed by atoms with E-state index in [0.29, 0.717) is 19.5 Å². The van der Waals surface area contributed by atoms with Gasteiger partial charge in [-0.3, -0.25) is 4.79 Å². The number of hydrogen-bond acceptors (Lipinski definition) is 4. The molecular formula is C10H22N2O3S. The molecule has 0 aliphatic rings. The molecule has 0 rings (SSSR count). The molecule has 0 unspecified atom stereocenters. The predicted octanol–water partition coefficient (Wildman–Crippen LogP) is -0.0746. The fourth-order valence-electron chi connectivity index (χ4n) is 0.965. The lowest BCUT2D eigenvalue weighted by Gasteiger charge is -2.19. The molecule has 0 fully saturated rings. The van der Waals surface area contributed by atoms with E-state index in [9.17, 15) is 13.2 Å². The summed E-state index contributed by atoms with van der Waals surface area (Å²) in [6, 6.07) is 0. The molecule has 0 aromatic heterocycles. The van der Waals surface area contributed by atoms with Gasteiger partial charge in [-0.05, 0) is 20.8 Å².